The lowest BCUT2D eigenvalue weighted by Gasteiger charge is -2.28. The van der Waals surface area contributed by atoms with E-state index in [4.69, 9.17) is 14.2 Å². The van der Waals surface area contributed by atoms with Crippen LogP contribution in [0.4, 0.5) is 15.9 Å². The summed E-state index contributed by atoms with van der Waals surface area (Å²) in [5.41, 5.74) is 1.60. The number of hydrogen-bond acceptors (Lipinski definition) is 7. The van der Waals surface area contributed by atoms with E-state index < -0.39 is 0 Å². The van der Waals surface area contributed by atoms with E-state index in [0.29, 0.717) is 41.3 Å². The molecule has 0 atom stereocenters. The smallest absolute Gasteiger partial charge is 0.163 e. The highest BCUT2D eigenvalue weighted by Crippen LogP contribution is 2.35. The normalized spacial score (nSPS) is 14.5. The number of methoxy groups -OCH3 is 1. The van der Waals surface area contributed by atoms with Crippen LogP contribution in [0.3, 0.4) is 0 Å². The standard InChI is InChI=1S/C28H29FN4O3/c1-33-13-11-19(12-14-33)17-35-27-16-25-24(15-26(27)34-2)28(31-18-30-25)32-21-5-9-23(10-6-21)36-22-7-3-20(29)4-8-22/h3-10,15-16,18-19H,11-14,17H2,1-2H3,(H,30,31,32). The summed E-state index contributed by atoms with van der Waals surface area (Å²) in [5.74, 6) is 3.46. The van der Waals surface area contributed by atoms with Crippen LogP contribution in [0.5, 0.6) is 23.0 Å². The first-order valence-corrected chi connectivity index (χ1v) is 12.0. The first-order chi connectivity index (χ1) is 17.6. The van der Waals surface area contributed by atoms with Gasteiger partial charge in [0.15, 0.2) is 11.5 Å². The fourth-order valence-electron chi connectivity index (χ4n) is 4.25. The molecule has 2 heterocycles. The zero-order valence-corrected chi connectivity index (χ0v) is 20.4. The summed E-state index contributed by atoms with van der Waals surface area (Å²) in [6, 6.07) is 17.2. The van der Waals surface area contributed by atoms with Crippen LogP contribution in [0.25, 0.3) is 10.9 Å². The number of piperidine rings is 1. The molecule has 0 amide bonds. The molecule has 0 radical (unpaired) electrons. The fraction of sp³-hybridized carbons (Fsp3) is 0.286. The van der Waals surface area contributed by atoms with Crippen LogP contribution in [0.1, 0.15) is 12.8 Å². The maximum atomic E-state index is 13.1. The highest BCUT2D eigenvalue weighted by Gasteiger charge is 2.19. The molecule has 0 unspecified atom stereocenters. The molecular weight excluding hydrogens is 459 g/mol. The Kier molecular flexibility index (Phi) is 7.13. The summed E-state index contributed by atoms with van der Waals surface area (Å²) in [7, 11) is 3.80. The van der Waals surface area contributed by atoms with E-state index in [0.717, 1.165) is 42.5 Å². The van der Waals surface area contributed by atoms with Gasteiger partial charge in [-0.2, -0.15) is 0 Å². The van der Waals surface area contributed by atoms with E-state index in [-0.39, 0.29) is 5.82 Å². The molecule has 1 aliphatic rings. The van der Waals surface area contributed by atoms with E-state index >= 15 is 0 Å². The molecule has 0 bridgehead atoms. The lowest BCUT2D eigenvalue weighted by Crippen LogP contribution is -2.32. The van der Waals surface area contributed by atoms with Gasteiger partial charge < -0.3 is 24.4 Å². The van der Waals surface area contributed by atoms with Gasteiger partial charge in [-0.3, -0.25) is 0 Å². The zero-order valence-electron chi connectivity index (χ0n) is 20.4. The zero-order chi connectivity index (χ0) is 24.9. The summed E-state index contributed by atoms with van der Waals surface area (Å²) >= 11 is 0. The van der Waals surface area contributed by atoms with Crippen LogP contribution >= 0.6 is 0 Å². The van der Waals surface area contributed by atoms with Crippen molar-refractivity contribution in [2.45, 2.75) is 12.8 Å². The predicted octanol–water partition coefficient (Wildman–Crippen LogP) is 6.03. The number of rotatable bonds is 8. The van der Waals surface area contributed by atoms with Crippen molar-refractivity contribution in [1.29, 1.82) is 0 Å². The lowest BCUT2D eigenvalue weighted by molar-refractivity contribution is 0.157. The molecule has 0 spiro atoms. The van der Waals surface area contributed by atoms with E-state index in [1.165, 1.54) is 18.5 Å². The number of nitrogens with one attached hydrogen (secondary N) is 1. The Balaban J connectivity index is 1.30. The molecular formula is C28H29FN4O3. The fourth-order valence-corrected chi connectivity index (χ4v) is 4.25. The van der Waals surface area contributed by atoms with Crippen molar-refractivity contribution in [2.75, 3.05) is 39.2 Å². The van der Waals surface area contributed by atoms with Crippen molar-refractivity contribution >= 4 is 22.4 Å². The monoisotopic (exact) mass is 488 g/mol. The van der Waals surface area contributed by atoms with Gasteiger partial charge in [0.25, 0.3) is 0 Å². The SMILES string of the molecule is COc1cc2c(Nc3ccc(Oc4ccc(F)cc4)cc3)ncnc2cc1OCC1CCN(C)CC1. The van der Waals surface area contributed by atoms with Crippen LogP contribution < -0.4 is 19.5 Å². The molecule has 4 aromatic rings. The van der Waals surface area contributed by atoms with Crippen LogP contribution in [0.2, 0.25) is 0 Å². The second-order valence-electron chi connectivity index (χ2n) is 9.01. The largest absolute Gasteiger partial charge is 0.493 e. The van der Waals surface area contributed by atoms with Gasteiger partial charge in [0.05, 0.1) is 19.2 Å². The molecule has 7 nitrogen and oxygen atoms in total. The highest BCUT2D eigenvalue weighted by molar-refractivity contribution is 5.93. The van der Waals surface area contributed by atoms with Crippen molar-refractivity contribution in [3.05, 3.63) is 72.8 Å². The molecule has 3 aromatic carbocycles. The first-order valence-electron chi connectivity index (χ1n) is 12.0. The number of aromatic nitrogens is 2. The highest BCUT2D eigenvalue weighted by atomic mass is 19.1. The van der Waals surface area contributed by atoms with Gasteiger partial charge in [-0.05, 0) is 93.5 Å². The minimum atomic E-state index is -0.299. The Morgan fingerprint density at radius 1 is 0.944 bits per heavy atom. The number of nitrogens with zero attached hydrogens (tertiary/aromatic N) is 3. The number of hydrogen-bond donors (Lipinski definition) is 1. The number of halogens is 1. The number of likely N-dealkylation sites (tertiary alicyclic amines) is 1. The number of benzene rings is 3. The average molecular weight is 489 g/mol. The van der Waals surface area contributed by atoms with Crippen molar-refractivity contribution in [3.63, 3.8) is 0 Å². The summed E-state index contributed by atoms with van der Waals surface area (Å²) in [6.45, 7) is 2.87. The van der Waals surface area contributed by atoms with Gasteiger partial charge in [0, 0.05) is 17.1 Å². The summed E-state index contributed by atoms with van der Waals surface area (Å²) in [5, 5.41) is 4.17. The van der Waals surface area contributed by atoms with E-state index in [9.17, 15) is 4.39 Å². The van der Waals surface area contributed by atoms with E-state index in [1.807, 2.05) is 36.4 Å². The number of ether oxygens (including phenoxy) is 3. The predicted molar refractivity (Wildman–Crippen MR) is 138 cm³/mol. The molecule has 1 aliphatic heterocycles. The van der Waals surface area contributed by atoms with Crippen molar-refractivity contribution in [1.82, 2.24) is 14.9 Å². The third kappa shape index (κ3) is 5.66. The van der Waals surface area contributed by atoms with Crippen molar-refractivity contribution < 1.29 is 18.6 Å². The van der Waals surface area contributed by atoms with Gasteiger partial charge in [0.1, 0.15) is 29.5 Å². The molecule has 0 saturated carbocycles. The van der Waals surface area contributed by atoms with Crippen molar-refractivity contribution in [3.8, 4) is 23.0 Å². The van der Waals surface area contributed by atoms with Gasteiger partial charge >= 0.3 is 0 Å². The number of fused-ring (bicyclic) bond motifs is 1. The Morgan fingerprint density at radius 3 is 2.33 bits per heavy atom. The summed E-state index contributed by atoms with van der Waals surface area (Å²) < 4.78 is 30.7. The van der Waals surface area contributed by atoms with E-state index in [2.05, 4.69) is 27.2 Å². The van der Waals surface area contributed by atoms with Crippen molar-refractivity contribution in [2.24, 2.45) is 5.92 Å². The molecule has 36 heavy (non-hydrogen) atoms. The molecule has 1 fully saturated rings. The van der Waals surface area contributed by atoms with Gasteiger partial charge in [-0.15, -0.1) is 0 Å². The quantitative estimate of drug-likeness (QED) is 0.325. The van der Waals surface area contributed by atoms with Gasteiger partial charge in [-0.25, -0.2) is 14.4 Å². The maximum Gasteiger partial charge on any atom is 0.163 e. The second-order valence-corrected chi connectivity index (χ2v) is 9.01. The molecule has 5 rings (SSSR count). The molecule has 186 valence electrons. The molecule has 0 aliphatic carbocycles. The first kappa shape index (κ1) is 23.8. The molecule has 1 saturated heterocycles. The molecule has 8 heteroatoms. The topological polar surface area (TPSA) is 68.7 Å². The Hall–Kier alpha value is -3.91. The lowest BCUT2D eigenvalue weighted by atomic mass is 9.98. The summed E-state index contributed by atoms with van der Waals surface area (Å²) in [4.78, 5) is 11.2. The van der Waals surface area contributed by atoms with Crippen LogP contribution in [-0.4, -0.2) is 48.7 Å². The van der Waals surface area contributed by atoms with Crippen LogP contribution in [0.15, 0.2) is 67.0 Å². The third-order valence-electron chi connectivity index (χ3n) is 6.40. The summed E-state index contributed by atoms with van der Waals surface area (Å²) in [6.07, 6.45) is 3.80. The maximum absolute atomic E-state index is 13.1. The average Bonchev–Trinajstić information content (AvgIpc) is 2.90. The van der Waals surface area contributed by atoms with Gasteiger partial charge in [0.2, 0.25) is 0 Å². The van der Waals surface area contributed by atoms with Crippen LogP contribution in [0, 0.1) is 11.7 Å². The molecule has 1 aromatic heterocycles. The molecule has 1 N–H and O–H groups in total. The minimum Gasteiger partial charge on any atom is -0.493 e. The van der Waals surface area contributed by atoms with Crippen LogP contribution in [-0.2, 0) is 0 Å². The minimum absolute atomic E-state index is 0.299. The number of anilines is 2. The second kappa shape index (κ2) is 10.8. The Morgan fingerprint density at radius 2 is 1.64 bits per heavy atom. The Bertz CT molecular complexity index is 1310. The third-order valence-corrected chi connectivity index (χ3v) is 6.40. The Labute approximate surface area is 209 Å². The van der Waals surface area contributed by atoms with E-state index in [1.54, 1.807) is 19.2 Å². The van der Waals surface area contributed by atoms with Gasteiger partial charge in [-0.1, -0.05) is 0 Å².